The fourth-order valence-electron chi connectivity index (χ4n) is 1.33. The van der Waals surface area contributed by atoms with Gasteiger partial charge in [0.15, 0.2) is 0 Å². The molecule has 0 spiro atoms. The van der Waals surface area contributed by atoms with E-state index < -0.39 is 10.3 Å². The molecule has 0 saturated carbocycles. The zero-order chi connectivity index (χ0) is 12.8. The summed E-state index contributed by atoms with van der Waals surface area (Å²) in [6.45, 7) is 0.283. The van der Waals surface area contributed by atoms with Gasteiger partial charge in [0, 0.05) is 13.5 Å². The second-order valence-electron chi connectivity index (χ2n) is 3.19. The SMILES string of the molecule is COCC(Cl)Cc1ncnc(OC)c1[N+](=O)[O-]. The van der Waals surface area contributed by atoms with Crippen LogP contribution in [0.2, 0.25) is 0 Å². The molecule has 0 amide bonds. The van der Waals surface area contributed by atoms with E-state index in [2.05, 4.69) is 9.97 Å². The van der Waals surface area contributed by atoms with Gasteiger partial charge in [0.2, 0.25) is 0 Å². The Hall–Kier alpha value is -1.47. The maximum absolute atomic E-state index is 10.9. The Balaban J connectivity index is 3.02. The van der Waals surface area contributed by atoms with Crippen LogP contribution in [0.25, 0.3) is 0 Å². The number of hydrogen-bond acceptors (Lipinski definition) is 6. The predicted molar refractivity (Wildman–Crippen MR) is 60.5 cm³/mol. The fraction of sp³-hybridized carbons (Fsp3) is 0.556. The lowest BCUT2D eigenvalue weighted by Gasteiger charge is -2.08. The third-order valence-corrected chi connectivity index (χ3v) is 2.28. The second kappa shape index (κ2) is 6.31. The molecular weight excluding hydrogens is 250 g/mol. The van der Waals surface area contributed by atoms with Crippen LogP contribution in [-0.4, -0.2) is 41.1 Å². The number of halogens is 1. The van der Waals surface area contributed by atoms with Crippen molar-refractivity contribution in [1.29, 1.82) is 0 Å². The number of alkyl halides is 1. The Morgan fingerprint density at radius 1 is 1.53 bits per heavy atom. The molecule has 94 valence electrons. The minimum atomic E-state index is -0.579. The summed E-state index contributed by atoms with van der Waals surface area (Å²) in [5.74, 6) is -0.0683. The number of ether oxygens (including phenoxy) is 2. The summed E-state index contributed by atoms with van der Waals surface area (Å²) in [4.78, 5) is 17.9. The van der Waals surface area contributed by atoms with Gasteiger partial charge in [0.25, 0.3) is 5.88 Å². The molecule has 1 heterocycles. The maximum Gasteiger partial charge on any atom is 0.352 e. The molecule has 0 aromatic carbocycles. The zero-order valence-electron chi connectivity index (χ0n) is 9.42. The molecule has 0 bridgehead atoms. The maximum atomic E-state index is 10.9. The van der Waals surface area contributed by atoms with Crippen LogP contribution in [0, 0.1) is 10.1 Å². The first-order chi connectivity index (χ1) is 8.10. The van der Waals surface area contributed by atoms with E-state index in [9.17, 15) is 10.1 Å². The highest BCUT2D eigenvalue weighted by atomic mass is 35.5. The summed E-state index contributed by atoms with van der Waals surface area (Å²) in [7, 11) is 2.82. The summed E-state index contributed by atoms with van der Waals surface area (Å²) in [6, 6.07) is 0. The van der Waals surface area contributed by atoms with Crippen LogP contribution in [0.4, 0.5) is 5.69 Å². The molecule has 1 rings (SSSR count). The standard InChI is InChI=1S/C9H12ClN3O4/c1-16-4-6(10)3-7-8(13(14)15)9(17-2)12-5-11-7/h5-6H,3-4H2,1-2H3. The second-order valence-corrected chi connectivity index (χ2v) is 3.81. The Labute approximate surface area is 103 Å². The number of nitro groups is 1. The van der Waals surface area contributed by atoms with Gasteiger partial charge in [-0.3, -0.25) is 10.1 Å². The van der Waals surface area contributed by atoms with Gasteiger partial charge in [0.1, 0.15) is 12.0 Å². The fourth-order valence-corrected chi connectivity index (χ4v) is 1.60. The van der Waals surface area contributed by atoms with Crippen molar-refractivity contribution in [1.82, 2.24) is 9.97 Å². The summed E-state index contributed by atoms with van der Waals surface area (Å²) in [5.41, 5.74) is -0.0179. The van der Waals surface area contributed by atoms with Gasteiger partial charge in [-0.1, -0.05) is 0 Å². The first-order valence-corrected chi connectivity index (χ1v) is 5.19. The quantitative estimate of drug-likeness (QED) is 0.434. The largest absolute Gasteiger partial charge is 0.476 e. The average Bonchev–Trinajstić information content (AvgIpc) is 2.28. The lowest BCUT2D eigenvalue weighted by atomic mass is 10.2. The summed E-state index contributed by atoms with van der Waals surface area (Å²) >= 11 is 5.94. The van der Waals surface area contributed by atoms with E-state index in [1.165, 1.54) is 20.5 Å². The van der Waals surface area contributed by atoms with Crippen molar-refractivity contribution in [3.05, 3.63) is 22.1 Å². The Kier molecular flexibility index (Phi) is 5.05. The first kappa shape index (κ1) is 13.6. The van der Waals surface area contributed by atoms with E-state index in [0.29, 0.717) is 0 Å². The van der Waals surface area contributed by atoms with Gasteiger partial charge < -0.3 is 9.47 Å². The number of nitrogens with zero attached hydrogens (tertiary/aromatic N) is 3. The van der Waals surface area contributed by atoms with E-state index in [1.54, 1.807) is 0 Å². The smallest absolute Gasteiger partial charge is 0.352 e. The monoisotopic (exact) mass is 261 g/mol. The van der Waals surface area contributed by atoms with Crippen LogP contribution in [0.5, 0.6) is 5.88 Å². The molecule has 0 aliphatic heterocycles. The average molecular weight is 262 g/mol. The normalized spacial score (nSPS) is 12.2. The van der Waals surface area contributed by atoms with Crippen molar-refractivity contribution in [2.45, 2.75) is 11.8 Å². The van der Waals surface area contributed by atoms with Crippen LogP contribution in [-0.2, 0) is 11.2 Å². The van der Waals surface area contributed by atoms with Gasteiger partial charge in [0.05, 0.1) is 24.0 Å². The number of methoxy groups -OCH3 is 2. The van der Waals surface area contributed by atoms with E-state index in [1.807, 2.05) is 0 Å². The Bertz CT molecular complexity index is 402. The van der Waals surface area contributed by atoms with Crippen molar-refractivity contribution < 1.29 is 14.4 Å². The van der Waals surface area contributed by atoms with E-state index in [-0.39, 0.29) is 30.3 Å². The van der Waals surface area contributed by atoms with Crippen LogP contribution < -0.4 is 4.74 Å². The van der Waals surface area contributed by atoms with Crippen LogP contribution in [0.15, 0.2) is 6.33 Å². The molecule has 17 heavy (non-hydrogen) atoms. The molecule has 0 aliphatic rings. The minimum absolute atomic E-state index is 0.0683. The number of hydrogen-bond donors (Lipinski definition) is 0. The number of aromatic nitrogens is 2. The van der Waals surface area contributed by atoms with Crippen molar-refractivity contribution in [3.8, 4) is 5.88 Å². The van der Waals surface area contributed by atoms with Gasteiger partial charge >= 0.3 is 5.69 Å². The first-order valence-electron chi connectivity index (χ1n) is 4.75. The molecule has 0 aliphatic carbocycles. The highest BCUT2D eigenvalue weighted by Gasteiger charge is 2.25. The topological polar surface area (TPSA) is 87.4 Å². The highest BCUT2D eigenvalue weighted by Crippen LogP contribution is 2.27. The van der Waals surface area contributed by atoms with Crippen molar-refractivity contribution in [3.63, 3.8) is 0 Å². The Morgan fingerprint density at radius 2 is 2.24 bits per heavy atom. The van der Waals surface area contributed by atoms with E-state index >= 15 is 0 Å². The summed E-state index contributed by atoms with van der Waals surface area (Å²) < 4.78 is 9.68. The zero-order valence-corrected chi connectivity index (χ0v) is 10.2. The Morgan fingerprint density at radius 3 is 2.76 bits per heavy atom. The third-order valence-electron chi connectivity index (χ3n) is 2.00. The molecular formula is C9H12ClN3O4. The van der Waals surface area contributed by atoms with Crippen LogP contribution in [0.3, 0.4) is 0 Å². The molecule has 1 unspecified atom stereocenters. The number of rotatable bonds is 6. The molecule has 7 nitrogen and oxygen atoms in total. The summed E-state index contributed by atoms with van der Waals surface area (Å²) in [5, 5.41) is 10.5. The molecule has 8 heteroatoms. The highest BCUT2D eigenvalue weighted by molar-refractivity contribution is 6.20. The van der Waals surface area contributed by atoms with Crippen LogP contribution in [0.1, 0.15) is 5.69 Å². The molecule has 0 saturated heterocycles. The minimum Gasteiger partial charge on any atom is -0.476 e. The molecule has 1 aromatic rings. The van der Waals surface area contributed by atoms with Crippen molar-refractivity contribution in [2.24, 2.45) is 0 Å². The van der Waals surface area contributed by atoms with Gasteiger partial charge in [-0.25, -0.2) is 4.98 Å². The molecule has 1 aromatic heterocycles. The van der Waals surface area contributed by atoms with Gasteiger partial charge in [-0.2, -0.15) is 4.98 Å². The lowest BCUT2D eigenvalue weighted by Crippen LogP contribution is -2.14. The molecule has 0 N–H and O–H groups in total. The van der Waals surface area contributed by atoms with Crippen LogP contribution >= 0.6 is 11.6 Å². The van der Waals surface area contributed by atoms with Crippen molar-refractivity contribution >= 4 is 17.3 Å². The summed E-state index contributed by atoms with van der Waals surface area (Å²) in [6.07, 6.45) is 1.42. The molecule has 0 fully saturated rings. The predicted octanol–water partition coefficient (Wildman–Crippen LogP) is 1.19. The van der Waals surface area contributed by atoms with Gasteiger partial charge in [-0.05, 0) is 0 Å². The lowest BCUT2D eigenvalue weighted by molar-refractivity contribution is -0.387. The van der Waals surface area contributed by atoms with E-state index in [0.717, 1.165) is 0 Å². The third kappa shape index (κ3) is 3.50. The molecule has 0 radical (unpaired) electrons. The van der Waals surface area contributed by atoms with E-state index in [4.69, 9.17) is 21.1 Å². The van der Waals surface area contributed by atoms with Crippen molar-refractivity contribution in [2.75, 3.05) is 20.8 Å². The molecule has 1 atom stereocenters. The van der Waals surface area contributed by atoms with Gasteiger partial charge in [-0.15, -0.1) is 11.6 Å².